The number of nitrogens with two attached hydrogens (primary N) is 1. The standard InChI is InChI=1S/C46H38Cl2N6O8S2/c1-25-45(63-46(50)51-25)64(58,59)54-23-33-21-40-37(52-43(56)41(62-40)31-12-14-34(15-13-31)61-24-28-7-16-35(47)36(48)17-28)19-32(33)20-39(54)42(55)53-38(44(57)60-2)18-26-3-8-29(9-4-26)30-10-5-27(22-49)6-11-30/h3-17,19,21,38-39,41H,18,20,23-24H2,1-2H3,(H2,50,51)(H,52,56)(H,53,55)/t38-,39?,41?/m0/s1. The summed E-state index contributed by atoms with van der Waals surface area (Å²) in [6, 6.07) is 29.5. The van der Waals surface area contributed by atoms with E-state index in [1.807, 2.05) is 42.5 Å². The van der Waals surface area contributed by atoms with Gasteiger partial charge in [-0.25, -0.2) is 18.2 Å². The molecule has 5 aromatic carbocycles. The predicted molar refractivity (Wildman–Crippen MR) is 241 cm³/mol. The van der Waals surface area contributed by atoms with Crippen LogP contribution in [0.2, 0.25) is 10.0 Å². The quantitative estimate of drug-likeness (QED) is 0.102. The Kier molecular flexibility index (Phi) is 12.6. The number of esters is 1. The smallest absolute Gasteiger partial charge is 0.328 e. The highest BCUT2D eigenvalue weighted by atomic mass is 35.5. The van der Waals surface area contributed by atoms with E-state index in [2.05, 4.69) is 21.7 Å². The van der Waals surface area contributed by atoms with Gasteiger partial charge in [-0.1, -0.05) is 89.1 Å². The molecule has 18 heteroatoms. The van der Waals surface area contributed by atoms with Crippen molar-refractivity contribution in [2.24, 2.45) is 0 Å². The van der Waals surface area contributed by atoms with Crippen molar-refractivity contribution in [1.82, 2.24) is 14.6 Å². The minimum Gasteiger partial charge on any atom is -0.489 e. The summed E-state index contributed by atoms with van der Waals surface area (Å²) in [4.78, 5) is 45.2. The normalized spacial score (nSPS) is 16.3. The van der Waals surface area contributed by atoms with E-state index in [0.29, 0.717) is 55.0 Å². The molecular formula is C46H38Cl2N6O8S2. The van der Waals surface area contributed by atoms with Crippen molar-refractivity contribution in [1.29, 1.82) is 5.26 Å². The fourth-order valence-electron chi connectivity index (χ4n) is 7.55. The molecule has 2 amide bonds. The predicted octanol–water partition coefficient (Wildman–Crippen LogP) is 7.55. The number of carbonyl (C=O) groups excluding carboxylic acids is 3. The molecule has 2 aliphatic heterocycles. The molecule has 0 aliphatic carbocycles. The molecule has 0 bridgehead atoms. The highest BCUT2D eigenvalue weighted by Crippen LogP contribution is 2.41. The first-order valence-electron chi connectivity index (χ1n) is 19.7. The van der Waals surface area contributed by atoms with E-state index in [9.17, 15) is 22.8 Å². The summed E-state index contributed by atoms with van der Waals surface area (Å²) in [5.74, 6) is -1.05. The van der Waals surface area contributed by atoms with Gasteiger partial charge in [-0.05, 0) is 95.3 Å². The van der Waals surface area contributed by atoms with Crippen LogP contribution >= 0.6 is 34.5 Å². The molecule has 8 rings (SSSR count). The number of amides is 2. The van der Waals surface area contributed by atoms with Gasteiger partial charge in [0.05, 0.1) is 40.2 Å². The second-order valence-electron chi connectivity index (χ2n) is 15.1. The summed E-state index contributed by atoms with van der Waals surface area (Å²) in [5.41, 5.74) is 12.0. The van der Waals surface area contributed by atoms with Gasteiger partial charge in [0.25, 0.3) is 15.9 Å². The number of aromatic nitrogens is 1. The van der Waals surface area contributed by atoms with Crippen LogP contribution in [-0.4, -0.2) is 54.7 Å². The summed E-state index contributed by atoms with van der Waals surface area (Å²) in [5, 5.41) is 15.7. The van der Waals surface area contributed by atoms with Gasteiger partial charge in [-0.2, -0.15) is 9.57 Å². The molecule has 64 heavy (non-hydrogen) atoms. The number of hydrogen-bond acceptors (Lipinski definition) is 12. The molecule has 0 saturated heterocycles. The zero-order valence-electron chi connectivity index (χ0n) is 34.1. The monoisotopic (exact) mass is 936 g/mol. The van der Waals surface area contributed by atoms with E-state index in [1.165, 1.54) is 14.0 Å². The Hall–Kier alpha value is -6.48. The lowest BCUT2D eigenvalue weighted by molar-refractivity contribution is -0.145. The molecule has 0 radical (unpaired) electrons. The van der Waals surface area contributed by atoms with Gasteiger partial charge in [0.15, 0.2) is 9.34 Å². The molecule has 2 aliphatic rings. The zero-order valence-corrected chi connectivity index (χ0v) is 37.3. The lowest BCUT2D eigenvalue weighted by Crippen LogP contribution is -2.56. The van der Waals surface area contributed by atoms with Crippen LogP contribution in [0.4, 0.5) is 10.8 Å². The molecule has 2 unspecified atom stereocenters. The number of anilines is 2. The number of fused-ring (bicyclic) bond motifs is 2. The minimum absolute atomic E-state index is 0.0408. The first-order valence-corrected chi connectivity index (χ1v) is 22.7. The summed E-state index contributed by atoms with van der Waals surface area (Å²) in [7, 11) is -3.20. The largest absolute Gasteiger partial charge is 0.489 e. The average molecular weight is 938 g/mol. The number of nitrogen functional groups attached to an aromatic ring is 1. The number of aryl methyl sites for hydroxylation is 1. The molecule has 0 spiro atoms. The SMILES string of the molecule is COC(=O)[C@H](Cc1ccc(-c2ccc(C#N)cc2)cc1)NC(=O)C1Cc2cc3c(cc2CN1S(=O)(=O)c1sc(N)nc1C)OC(c1ccc(OCc2ccc(Cl)c(Cl)c2)cc1)C(=O)N3. The van der Waals surface area contributed by atoms with Crippen molar-refractivity contribution in [3.63, 3.8) is 0 Å². The van der Waals surface area contributed by atoms with Crippen LogP contribution < -0.4 is 25.8 Å². The molecule has 0 saturated carbocycles. The Morgan fingerprint density at radius 1 is 0.984 bits per heavy atom. The third-order valence-corrected chi connectivity index (χ3v) is 15.0. The first-order chi connectivity index (χ1) is 30.7. The number of nitriles is 1. The molecule has 4 N–H and O–H groups in total. The van der Waals surface area contributed by atoms with E-state index >= 15 is 0 Å². The van der Waals surface area contributed by atoms with Crippen molar-refractivity contribution in [3.8, 4) is 28.7 Å². The molecule has 3 heterocycles. The second-order valence-corrected chi connectivity index (χ2v) is 19.0. The number of carbonyl (C=O) groups is 3. The van der Waals surface area contributed by atoms with Crippen LogP contribution in [-0.2, 0) is 55.1 Å². The summed E-state index contributed by atoms with van der Waals surface area (Å²) >= 11 is 12.9. The van der Waals surface area contributed by atoms with Crippen molar-refractivity contribution >= 4 is 73.2 Å². The van der Waals surface area contributed by atoms with Gasteiger partial charge >= 0.3 is 5.97 Å². The maximum atomic E-state index is 14.5. The molecule has 6 aromatic rings. The Labute approximate surface area is 382 Å². The van der Waals surface area contributed by atoms with Crippen molar-refractivity contribution < 1.29 is 37.0 Å². The summed E-state index contributed by atoms with van der Waals surface area (Å²) in [6.45, 7) is 1.50. The number of nitrogens with one attached hydrogen (secondary N) is 2. The lowest BCUT2D eigenvalue weighted by atomic mass is 9.93. The van der Waals surface area contributed by atoms with E-state index in [1.54, 1.807) is 60.7 Å². The minimum atomic E-state index is -4.40. The fraction of sp³-hybridized carbons (Fsp3) is 0.196. The molecular weight excluding hydrogens is 900 g/mol. The number of nitrogens with zero attached hydrogens (tertiary/aromatic N) is 3. The molecule has 326 valence electrons. The summed E-state index contributed by atoms with van der Waals surface area (Å²) in [6.07, 6.45) is -1.11. The van der Waals surface area contributed by atoms with E-state index < -0.39 is 46.0 Å². The van der Waals surface area contributed by atoms with Gasteiger partial charge in [0.2, 0.25) is 12.0 Å². The van der Waals surface area contributed by atoms with Crippen molar-refractivity contribution in [3.05, 3.63) is 152 Å². The number of sulfonamides is 1. The Bertz CT molecular complexity index is 2940. The van der Waals surface area contributed by atoms with Gasteiger partial charge in [-0.3, -0.25) is 9.59 Å². The Morgan fingerprint density at radius 2 is 1.67 bits per heavy atom. The van der Waals surface area contributed by atoms with Crippen LogP contribution in [0, 0.1) is 18.3 Å². The number of benzene rings is 5. The number of hydrogen-bond donors (Lipinski definition) is 3. The first kappa shape index (κ1) is 44.1. The molecule has 3 atom stereocenters. The Balaban J connectivity index is 1.03. The van der Waals surface area contributed by atoms with Gasteiger partial charge < -0.3 is 30.6 Å². The molecule has 14 nitrogen and oxygen atoms in total. The van der Waals surface area contributed by atoms with Crippen molar-refractivity contribution in [2.75, 3.05) is 18.2 Å². The topological polar surface area (TPSA) is 203 Å². The van der Waals surface area contributed by atoms with Crippen molar-refractivity contribution in [2.45, 2.75) is 55.3 Å². The third kappa shape index (κ3) is 9.26. The lowest BCUT2D eigenvalue weighted by Gasteiger charge is -2.36. The van der Waals surface area contributed by atoms with Crippen LogP contribution in [0.25, 0.3) is 11.1 Å². The summed E-state index contributed by atoms with van der Waals surface area (Å²) < 4.78 is 47.2. The molecule has 1 aromatic heterocycles. The van der Waals surface area contributed by atoms with Crippen LogP contribution in [0.15, 0.2) is 107 Å². The molecule has 0 fully saturated rings. The Morgan fingerprint density at radius 3 is 2.31 bits per heavy atom. The number of methoxy groups -OCH3 is 1. The van der Waals surface area contributed by atoms with Crippen LogP contribution in [0.5, 0.6) is 11.5 Å². The number of halogens is 2. The van der Waals surface area contributed by atoms with Gasteiger partial charge in [0.1, 0.15) is 30.2 Å². The fourth-order valence-corrected chi connectivity index (χ4v) is 10.9. The van der Waals surface area contributed by atoms with Crippen LogP contribution in [0.3, 0.4) is 0 Å². The maximum absolute atomic E-state index is 14.5. The number of thiazole rings is 1. The average Bonchev–Trinajstić information content (AvgIpc) is 3.65. The maximum Gasteiger partial charge on any atom is 0.328 e. The number of ether oxygens (including phenoxy) is 3. The van der Waals surface area contributed by atoms with E-state index in [0.717, 1.165) is 32.3 Å². The third-order valence-electron chi connectivity index (χ3n) is 10.9. The van der Waals surface area contributed by atoms with E-state index in [-0.39, 0.29) is 41.0 Å². The second kappa shape index (κ2) is 18.3. The highest BCUT2D eigenvalue weighted by molar-refractivity contribution is 7.91. The zero-order chi connectivity index (χ0) is 45.3. The highest BCUT2D eigenvalue weighted by Gasteiger charge is 2.43. The van der Waals surface area contributed by atoms with Crippen LogP contribution in [0.1, 0.15) is 45.2 Å². The number of rotatable bonds is 12. The van der Waals surface area contributed by atoms with Gasteiger partial charge in [-0.15, -0.1) is 0 Å². The van der Waals surface area contributed by atoms with E-state index in [4.69, 9.17) is 48.4 Å². The van der Waals surface area contributed by atoms with Gasteiger partial charge in [0, 0.05) is 18.5 Å².